The lowest BCUT2D eigenvalue weighted by Gasteiger charge is -2.25. The zero-order valence-corrected chi connectivity index (χ0v) is 9.49. The quantitative estimate of drug-likeness (QED) is 0.692. The standard InChI is InChI=1S/C13H16N2/c1-9(2)12-8-7-11-6-5-10(3)15(4)13(11)14-12/h5-9H,3H2,1-2,4H3. The lowest BCUT2D eigenvalue weighted by molar-refractivity contribution is 0.817. The van der Waals surface area contributed by atoms with E-state index in [4.69, 9.17) is 0 Å². The molecule has 0 aliphatic carbocycles. The first-order chi connectivity index (χ1) is 7.09. The van der Waals surface area contributed by atoms with Crippen LogP contribution in [0.4, 0.5) is 5.82 Å². The van der Waals surface area contributed by atoms with Gasteiger partial charge in [-0.1, -0.05) is 20.4 Å². The molecule has 1 aliphatic heterocycles. The highest BCUT2D eigenvalue weighted by molar-refractivity contribution is 5.72. The fourth-order valence-corrected chi connectivity index (χ4v) is 1.63. The summed E-state index contributed by atoms with van der Waals surface area (Å²) in [5.74, 6) is 1.47. The average Bonchev–Trinajstić information content (AvgIpc) is 2.23. The van der Waals surface area contributed by atoms with E-state index >= 15 is 0 Å². The molecular formula is C13H16N2. The molecule has 0 fully saturated rings. The Balaban J connectivity index is 2.52. The van der Waals surface area contributed by atoms with Crippen molar-refractivity contribution in [2.24, 2.45) is 0 Å². The van der Waals surface area contributed by atoms with Gasteiger partial charge in [0, 0.05) is 24.0 Å². The highest BCUT2D eigenvalue weighted by Crippen LogP contribution is 2.28. The molecule has 1 aromatic rings. The Morgan fingerprint density at radius 3 is 2.67 bits per heavy atom. The number of aromatic nitrogens is 1. The number of pyridine rings is 1. The van der Waals surface area contributed by atoms with Crippen molar-refractivity contribution in [1.29, 1.82) is 0 Å². The first kappa shape index (κ1) is 9.97. The molecule has 78 valence electrons. The lowest BCUT2D eigenvalue weighted by atomic mass is 10.1. The van der Waals surface area contributed by atoms with Crippen LogP contribution in [0.2, 0.25) is 0 Å². The molecule has 1 aromatic heterocycles. The largest absolute Gasteiger partial charge is 0.330 e. The van der Waals surface area contributed by atoms with Gasteiger partial charge in [-0.2, -0.15) is 0 Å². The van der Waals surface area contributed by atoms with E-state index in [0.717, 1.165) is 22.8 Å². The van der Waals surface area contributed by atoms with Gasteiger partial charge in [0.05, 0.1) is 0 Å². The number of fused-ring (bicyclic) bond motifs is 1. The Morgan fingerprint density at radius 2 is 2.00 bits per heavy atom. The summed E-state index contributed by atoms with van der Waals surface area (Å²) in [6, 6.07) is 4.22. The van der Waals surface area contributed by atoms with Crippen LogP contribution in [0, 0.1) is 0 Å². The fourth-order valence-electron chi connectivity index (χ4n) is 1.63. The van der Waals surface area contributed by atoms with Crippen molar-refractivity contribution in [2.45, 2.75) is 19.8 Å². The van der Waals surface area contributed by atoms with Gasteiger partial charge >= 0.3 is 0 Å². The van der Waals surface area contributed by atoms with Crippen molar-refractivity contribution in [3.05, 3.63) is 41.7 Å². The van der Waals surface area contributed by atoms with E-state index in [0.29, 0.717) is 5.92 Å². The van der Waals surface area contributed by atoms with Crippen molar-refractivity contribution in [1.82, 2.24) is 4.98 Å². The molecule has 0 saturated heterocycles. The van der Waals surface area contributed by atoms with Crippen LogP contribution >= 0.6 is 0 Å². The second kappa shape index (κ2) is 3.54. The maximum Gasteiger partial charge on any atom is 0.140 e. The summed E-state index contributed by atoms with van der Waals surface area (Å²) in [4.78, 5) is 6.69. The van der Waals surface area contributed by atoms with Gasteiger partial charge in [-0.15, -0.1) is 0 Å². The summed E-state index contributed by atoms with van der Waals surface area (Å²) in [5.41, 5.74) is 3.27. The third-order valence-corrected chi connectivity index (χ3v) is 2.72. The second-order valence-electron chi connectivity index (χ2n) is 4.19. The van der Waals surface area contributed by atoms with Gasteiger partial charge in [-0.3, -0.25) is 0 Å². The Kier molecular flexibility index (Phi) is 2.35. The minimum atomic E-state index is 0.461. The van der Waals surface area contributed by atoms with Crippen LogP contribution in [0.3, 0.4) is 0 Å². The van der Waals surface area contributed by atoms with E-state index in [1.165, 1.54) is 0 Å². The molecule has 0 unspecified atom stereocenters. The van der Waals surface area contributed by atoms with Gasteiger partial charge in [-0.25, -0.2) is 4.98 Å². The average molecular weight is 200 g/mol. The van der Waals surface area contributed by atoms with Gasteiger partial charge in [0.1, 0.15) is 5.82 Å². The zero-order chi connectivity index (χ0) is 11.0. The normalized spacial score (nSPS) is 14.7. The molecule has 0 spiro atoms. The molecule has 1 aliphatic rings. The van der Waals surface area contributed by atoms with Crippen LogP contribution < -0.4 is 4.90 Å². The highest BCUT2D eigenvalue weighted by Gasteiger charge is 2.14. The minimum Gasteiger partial charge on any atom is -0.330 e. The van der Waals surface area contributed by atoms with Crippen molar-refractivity contribution in [3.63, 3.8) is 0 Å². The van der Waals surface area contributed by atoms with Crippen molar-refractivity contribution in [3.8, 4) is 0 Å². The number of hydrogen-bond donors (Lipinski definition) is 0. The van der Waals surface area contributed by atoms with E-state index in [9.17, 15) is 0 Å². The van der Waals surface area contributed by atoms with Crippen LogP contribution in [0.5, 0.6) is 0 Å². The SMILES string of the molecule is C=C1C=Cc2ccc(C(C)C)nc2N1C. The lowest BCUT2D eigenvalue weighted by Crippen LogP contribution is -2.19. The Morgan fingerprint density at radius 1 is 1.27 bits per heavy atom. The molecule has 2 heterocycles. The van der Waals surface area contributed by atoms with E-state index in [-0.39, 0.29) is 0 Å². The molecule has 0 aromatic carbocycles. The van der Waals surface area contributed by atoms with E-state index in [2.05, 4.69) is 43.6 Å². The van der Waals surface area contributed by atoms with E-state index < -0.39 is 0 Å². The third kappa shape index (κ3) is 1.67. The van der Waals surface area contributed by atoms with Gasteiger partial charge < -0.3 is 4.90 Å². The summed E-state index contributed by atoms with van der Waals surface area (Å²) in [6.45, 7) is 8.28. The number of nitrogens with zero attached hydrogens (tertiary/aromatic N) is 2. The topological polar surface area (TPSA) is 16.1 Å². The van der Waals surface area contributed by atoms with Crippen molar-refractivity contribution in [2.75, 3.05) is 11.9 Å². The van der Waals surface area contributed by atoms with Crippen LogP contribution in [-0.2, 0) is 0 Å². The number of anilines is 1. The number of likely N-dealkylation sites (N-methyl/N-ethyl adjacent to an activating group) is 1. The summed E-state index contributed by atoms with van der Waals surface area (Å²) in [7, 11) is 2.00. The Bertz CT molecular complexity index is 430. The summed E-state index contributed by atoms with van der Waals surface area (Å²) < 4.78 is 0. The maximum atomic E-state index is 4.66. The van der Waals surface area contributed by atoms with E-state index in [1.54, 1.807) is 0 Å². The fraction of sp³-hybridized carbons (Fsp3) is 0.308. The van der Waals surface area contributed by atoms with E-state index in [1.807, 2.05) is 18.0 Å². The number of allylic oxidation sites excluding steroid dienone is 1. The predicted molar refractivity (Wildman–Crippen MR) is 64.9 cm³/mol. The molecule has 2 rings (SSSR count). The van der Waals surface area contributed by atoms with Gasteiger partial charge in [0.2, 0.25) is 0 Å². The monoisotopic (exact) mass is 200 g/mol. The molecule has 15 heavy (non-hydrogen) atoms. The molecule has 0 radical (unpaired) electrons. The molecular weight excluding hydrogens is 184 g/mol. The minimum absolute atomic E-state index is 0.461. The molecule has 0 amide bonds. The zero-order valence-electron chi connectivity index (χ0n) is 9.49. The molecule has 2 nitrogen and oxygen atoms in total. The van der Waals surface area contributed by atoms with Gasteiger partial charge in [0.15, 0.2) is 0 Å². The third-order valence-electron chi connectivity index (χ3n) is 2.72. The molecule has 0 N–H and O–H groups in total. The predicted octanol–water partition coefficient (Wildman–Crippen LogP) is 3.18. The summed E-state index contributed by atoms with van der Waals surface area (Å²) >= 11 is 0. The number of rotatable bonds is 1. The van der Waals surface area contributed by atoms with Gasteiger partial charge in [0.25, 0.3) is 0 Å². The van der Waals surface area contributed by atoms with Crippen LogP contribution in [0.25, 0.3) is 6.08 Å². The van der Waals surface area contributed by atoms with Crippen LogP contribution in [-0.4, -0.2) is 12.0 Å². The Labute approximate surface area is 90.9 Å². The maximum absolute atomic E-state index is 4.66. The smallest absolute Gasteiger partial charge is 0.140 e. The molecule has 2 heteroatoms. The molecule has 0 bridgehead atoms. The summed E-state index contributed by atoms with van der Waals surface area (Å²) in [5, 5.41) is 0. The van der Waals surface area contributed by atoms with Gasteiger partial charge in [-0.05, 0) is 30.2 Å². The summed E-state index contributed by atoms with van der Waals surface area (Å²) in [6.07, 6.45) is 4.08. The first-order valence-electron chi connectivity index (χ1n) is 5.21. The van der Waals surface area contributed by atoms with Crippen molar-refractivity contribution >= 4 is 11.9 Å². The Hall–Kier alpha value is -1.57. The molecule has 0 atom stereocenters. The second-order valence-corrected chi connectivity index (χ2v) is 4.19. The first-order valence-corrected chi connectivity index (χ1v) is 5.21. The van der Waals surface area contributed by atoms with Crippen molar-refractivity contribution < 1.29 is 0 Å². The number of hydrogen-bond acceptors (Lipinski definition) is 2. The van der Waals surface area contributed by atoms with Crippen LogP contribution in [0.15, 0.2) is 30.5 Å². The van der Waals surface area contributed by atoms with Crippen LogP contribution in [0.1, 0.15) is 31.0 Å². The molecule has 0 saturated carbocycles. The highest BCUT2D eigenvalue weighted by atomic mass is 15.2.